The van der Waals surface area contributed by atoms with Gasteiger partial charge in [0.15, 0.2) is 0 Å². The van der Waals surface area contributed by atoms with Crippen molar-refractivity contribution >= 4 is 23.3 Å². The largest absolute Gasteiger partial charge is 0.492 e. The van der Waals surface area contributed by atoms with Crippen LogP contribution in [-0.4, -0.2) is 54.8 Å². The number of nitrogens with two attached hydrogens (primary N) is 1. The van der Waals surface area contributed by atoms with E-state index in [9.17, 15) is 0 Å². The Hall–Kier alpha value is -3.07. The van der Waals surface area contributed by atoms with Crippen LogP contribution in [0.15, 0.2) is 76.7 Å². The molecule has 0 unspecified atom stereocenters. The van der Waals surface area contributed by atoms with Crippen LogP contribution in [0.4, 0.5) is 5.69 Å². The van der Waals surface area contributed by atoms with E-state index < -0.39 is 0 Å². The fraction of sp³-hybridized carbons (Fsp3) is 0.250. The quantitative estimate of drug-likeness (QED) is 0.292. The van der Waals surface area contributed by atoms with E-state index in [1.54, 1.807) is 22.4 Å². The first-order valence-electron chi connectivity index (χ1n) is 10.5. The molecule has 3 aromatic rings. The van der Waals surface area contributed by atoms with Gasteiger partial charge >= 0.3 is 0 Å². The Balaban J connectivity index is 1.44. The van der Waals surface area contributed by atoms with Gasteiger partial charge < -0.3 is 15.2 Å². The van der Waals surface area contributed by atoms with E-state index in [0.717, 1.165) is 54.1 Å². The summed E-state index contributed by atoms with van der Waals surface area (Å²) in [4.78, 5) is 4.31. The Kier molecular flexibility index (Phi) is 7.26. The molecule has 2 aromatic carbocycles. The maximum Gasteiger partial charge on any atom is 0.138 e. The molecule has 0 spiro atoms. The second kappa shape index (κ2) is 10.5. The predicted octanol–water partition coefficient (Wildman–Crippen LogP) is 3.29. The summed E-state index contributed by atoms with van der Waals surface area (Å²) >= 11 is 1.56. The monoisotopic (exact) mass is 449 g/mol. The molecular weight excluding hydrogens is 422 g/mol. The summed E-state index contributed by atoms with van der Waals surface area (Å²) in [5.41, 5.74) is 7.43. The average Bonchev–Trinajstić information content (AvgIpc) is 2.82. The van der Waals surface area contributed by atoms with Crippen molar-refractivity contribution in [1.29, 1.82) is 10.8 Å². The van der Waals surface area contributed by atoms with Gasteiger partial charge in [0.25, 0.3) is 0 Å². The molecule has 1 aliphatic rings. The standard InChI is InChI=1S/C24H27N5O2S/c25-19-4-6-21(7-5-19)32-22-8-9-23(26)29(17-22)24(27)18-2-1-3-20(16-18)31-15-12-28-10-13-30-14-11-28/h1-9,16-17,26-27H,10-15,25H2. The maximum absolute atomic E-state index is 8.69. The summed E-state index contributed by atoms with van der Waals surface area (Å²) in [6.07, 6.45) is 1.82. The molecule has 0 atom stereocenters. The Morgan fingerprint density at radius 3 is 2.56 bits per heavy atom. The number of anilines is 1. The van der Waals surface area contributed by atoms with Crippen molar-refractivity contribution < 1.29 is 9.47 Å². The number of nitrogens with one attached hydrogen (secondary N) is 2. The van der Waals surface area contributed by atoms with Gasteiger partial charge in [-0.05, 0) is 48.5 Å². The highest BCUT2D eigenvalue weighted by Gasteiger charge is 2.11. The number of hydrogen-bond donors (Lipinski definition) is 3. The van der Waals surface area contributed by atoms with Crippen LogP contribution in [0, 0.1) is 10.8 Å². The normalized spacial score (nSPS) is 14.2. The highest BCUT2D eigenvalue weighted by Crippen LogP contribution is 2.27. The average molecular weight is 450 g/mol. The molecule has 1 aromatic heterocycles. The molecule has 7 nitrogen and oxygen atoms in total. The van der Waals surface area contributed by atoms with Gasteiger partial charge in [-0.25, -0.2) is 0 Å². The molecule has 8 heteroatoms. The number of benzene rings is 2. The summed E-state index contributed by atoms with van der Waals surface area (Å²) in [5, 5.41) is 17.0. The van der Waals surface area contributed by atoms with Crippen LogP contribution in [0.5, 0.6) is 5.75 Å². The fourth-order valence-corrected chi connectivity index (χ4v) is 4.23. The third kappa shape index (κ3) is 5.79. The van der Waals surface area contributed by atoms with Gasteiger partial charge in [0.2, 0.25) is 0 Å². The Labute approximate surface area is 191 Å². The molecule has 166 valence electrons. The zero-order chi connectivity index (χ0) is 22.3. The Morgan fingerprint density at radius 1 is 1.03 bits per heavy atom. The Morgan fingerprint density at radius 2 is 1.78 bits per heavy atom. The third-order valence-electron chi connectivity index (χ3n) is 5.17. The van der Waals surface area contributed by atoms with Gasteiger partial charge in [-0.1, -0.05) is 23.9 Å². The first-order valence-corrected chi connectivity index (χ1v) is 11.3. The minimum absolute atomic E-state index is 0.230. The van der Waals surface area contributed by atoms with Crippen molar-refractivity contribution in [3.63, 3.8) is 0 Å². The maximum atomic E-state index is 8.69. The van der Waals surface area contributed by atoms with Gasteiger partial charge in [0.05, 0.1) is 13.2 Å². The summed E-state index contributed by atoms with van der Waals surface area (Å²) < 4.78 is 12.9. The zero-order valence-corrected chi connectivity index (χ0v) is 18.6. The van der Waals surface area contributed by atoms with Gasteiger partial charge in [-0.3, -0.25) is 20.3 Å². The SMILES string of the molecule is N=C(c1cccc(OCCN2CCOCC2)c1)n1cc(Sc2ccc(N)cc2)ccc1=N. The van der Waals surface area contributed by atoms with Crippen LogP contribution < -0.4 is 16.0 Å². The zero-order valence-electron chi connectivity index (χ0n) is 17.8. The minimum Gasteiger partial charge on any atom is -0.492 e. The van der Waals surface area contributed by atoms with Gasteiger partial charge in [-0.15, -0.1) is 0 Å². The molecule has 0 bridgehead atoms. The van der Waals surface area contributed by atoms with Crippen LogP contribution in [0.1, 0.15) is 5.56 Å². The highest BCUT2D eigenvalue weighted by atomic mass is 32.2. The number of hydrogen-bond acceptors (Lipinski definition) is 7. The van der Waals surface area contributed by atoms with Crippen LogP contribution in [0.25, 0.3) is 0 Å². The van der Waals surface area contributed by atoms with E-state index in [1.807, 2.05) is 60.8 Å². The highest BCUT2D eigenvalue weighted by molar-refractivity contribution is 7.99. The van der Waals surface area contributed by atoms with Gasteiger partial charge in [0, 0.05) is 46.9 Å². The molecule has 0 amide bonds. The lowest BCUT2D eigenvalue weighted by atomic mass is 10.2. The number of ether oxygens (including phenoxy) is 2. The number of aromatic nitrogens is 1. The Bertz CT molecular complexity index is 1120. The van der Waals surface area contributed by atoms with Crippen molar-refractivity contribution in [2.45, 2.75) is 9.79 Å². The molecule has 0 aliphatic carbocycles. The number of pyridine rings is 1. The molecule has 2 heterocycles. The summed E-state index contributed by atoms with van der Waals surface area (Å²) in [7, 11) is 0. The molecule has 1 saturated heterocycles. The molecule has 1 aliphatic heterocycles. The van der Waals surface area contributed by atoms with E-state index in [1.165, 1.54) is 0 Å². The lowest BCUT2D eigenvalue weighted by Gasteiger charge is -2.26. The molecular formula is C24H27N5O2S. The second-order valence-electron chi connectivity index (χ2n) is 7.47. The number of rotatable bonds is 7. The number of nitrogens with zero attached hydrogens (tertiary/aromatic N) is 2. The lowest BCUT2D eigenvalue weighted by Crippen LogP contribution is -2.38. The van der Waals surface area contributed by atoms with Crippen molar-refractivity contribution in [1.82, 2.24) is 9.47 Å². The lowest BCUT2D eigenvalue weighted by molar-refractivity contribution is 0.0322. The third-order valence-corrected chi connectivity index (χ3v) is 6.15. The molecule has 0 radical (unpaired) electrons. The minimum atomic E-state index is 0.230. The predicted molar refractivity (Wildman–Crippen MR) is 127 cm³/mol. The van der Waals surface area contributed by atoms with E-state index in [4.69, 9.17) is 26.0 Å². The molecule has 4 N–H and O–H groups in total. The van der Waals surface area contributed by atoms with E-state index >= 15 is 0 Å². The molecule has 0 saturated carbocycles. The molecule has 32 heavy (non-hydrogen) atoms. The van der Waals surface area contributed by atoms with Crippen LogP contribution in [0.3, 0.4) is 0 Å². The van der Waals surface area contributed by atoms with Gasteiger partial charge in [0.1, 0.15) is 23.7 Å². The summed E-state index contributed by atoms with van der Waals surface area (Å²) in [6, 6.07) is 18.7. The van der Waals surface area contributed by atoms with Crippen molar-refractivity contribution in [3.8, 4) is 5.75 Å². The van der Waals surface area contributed by atoms with E-state index in [-0.39, 0.29) is 11.3 Å². The first-order chi connectivity index (χ1) is 15.6. The summed E-state index contributed by atoms with van der Waals surface area (Å²) in [5.74, 6) is 0.952. The van der Waals surface area contributed by atoms with E-state index in [2.05, 4.69) is 4.90 Å². The van der Waals surface area contributed by atoms with Crippen LogP contribution in [0.2, 0.25) is 0 Å². The van der Waals surface area contributed by atoms with Gasteiger partial charge in [-0.2, -0.15) is 0 Å². The molecule has 4 rings (SSSR count). The molecule has 1 fully saturated rings. The van der Waals surface area contributed by atoms with Crippen molar-refractivity contribution in [2.75, 3.05) is 45.2 Å². The van der Waals surface area contributed by atoms with Crippen molar-refractivity contribution in [3.05, 3.63) is 77.9 Å². The first kappa shape index (κ1) is 22.1. The van der Waals surface area contributed by atoms with Crippen LogP contribution in [-0.2, 0) is 4.74 Å². The topological polar surface area (TPSA) is 100 Å². The number of nitrogen functional groups attached to an aromatic ring is 1. The number of morpholine rings is 1. The van der Waals surface area contributed by atoms with Crippen LogP contribution >= 0.6 is 11.8 Å². The fourth-order valence-electron chi connectivity index (χ4n) is 3.39. The van der Waals surface area contributed by atoms with Crippen molar-refractivity contribution in [2.24, 2.45) is 0 Å². The smallest absolute Gasteiger partial charge is 0.138 e. The summed E-state index contributed by atoms with van der Waals surface area (Å²) in [6.45, 7) is 4.84. The van der Waals surface area contributed by atoms with E-state index in [0.29, 0.717) is 12.2 Å². The second-order valence-corrected chi connectivity index (χ2v) is 8.62.